The molecular formula is C48H34N2O6S3. The van der Waals surface area contributed by atoms with E-state index in [0.717, 1.165) is 85.4 Å². The lowest BCUT2D eigenvalue weighted by Crippen LogP contribution is -2.06. The lowest BCUT2D eigenvalue weighted by molar-refractivity contribution is -0.148. The molecule has 0 saturated heterocycles. The molecule has 2 aliphatic heterocycles. The van der Waals surface area contributed by atoms with Crippen molar-refractivity contribution in [2.45, 2.75) is 13.8 Å². The molecule has 0 aliphatic carbocycles. The lowest BCUT2D eigenvalue weighted by atomic mass is 10.0. The summed E-state index contributed by atoms with van der Waals surface area (Å²) < 4.78 is 25.6. The van der Waals surface area contributed by atoms with Crippen molar-refractivity contribution in [2.75, 3.05) is 13.6 Å². The Morgan fingerprint density at radius 2 is 0.881 bits per heavy atom. The number of carbonyl (C=O) groups excluding carboxylic acids is 2. The normalized spacial score (nSPS) is 11.7. The molecule has 7 aromatic rings. The van der Waals surface area contributed by atoms with E-state index in [0.29, 0.717) is 11.5 Å². The zero-order valence-electron chi connectivity index (χ0n) is 31.8. The molecule has 59 heavy (non-hydrogen) atoms. The first-order valence-corrected chi connectivity index (χ1v) is 21.2. The Morgan fingerprint density at radius 1 is 0.475 bits per heavy atom. The molecule has 0 spiro atoms. The van der Waals surface area contributed by atoms with Gasteiger partial charge in [-0.15, -0.1) is 34.0 Å². The second-order valence-corrected chi connectivity index (χ2v) is 16.6. The number of ether oxygens (including phenoxy) is 4. The van der Waals surface area contributed by atoms with Gasteiger partial charge in [-0.25, -0.2) is 9.97 Å². The quantitative estimate of drug-likeness (QED) is 0.0993. The van der Waals surface area contributed by atoms with Gasteiger partial charge in [-0.3, -0.25) is 9.59 Å². The third-order valence-electron chi connectivity index (χ3n) is 9.59. The molecular weight excluding hydrogens is 797 g/mol. The van der Waals surface area contributed by atoms with Crippen LogP contribution in [0.2, 0.25) is 0 Å². The van der Waals surface area contributed by atoms with Gasteiger partial charge < -0.3 is 18.9 Å². The summed E-state index contributed by atoms with van der Waals surface area (Å²) in [5, 5.41) is 2.10. The molecule has 11 heteroatoms. The third-order valence-corrected chi connectivity index (χ3v) is 12.7. The van der Waals surface area contributed by atoms with Crippen molar-refractivity contribution >= 4 is 89.1 Å². The molecule has 3 aromatic carbocycles. The summed E-state index contributed by atoms with van der Waals surface area (Å²) in [7, 11) is 0. The zero-order valence-corrected chi connectivity index (χ0v) is 34.3. The number of nitrogens with zero attached hydrogens (tertiary/aromatic N) is 2. The minimum absolute atomic E-state index is 0.168. The predicted octanol–water partition coefficient (Wildman–Crippen LogP) is 12.7. The van der Waals surface area contributed by atoms with Gasteiger partial charge in [0.2, 0.25) is 13.6 Å². The number of hydrogen-bond acceptors (Lipinski definition) is 11. The smallest absolute Gasteiger partial charge is 0.305 e. The van der Waals surface area contributed by atoms with Gasteiger partial charge >= 0.3 is 11.9 Å². The number of benzene rings is 3. The standard InChI is InChI=1S/C48H34N2O6S3/c1-29(51)53-27-55-34-14-10-32(11-15-34)46-37-19-18-36(49-37)45(31-7-4-3-5-8-31)41-24-25-44(59-41)48(40-9-6-26-57-40)39-21-20-38(50-39)47(43-23-22-42(46)58-43)33-12-16-35(17-13-33)56-28-54-30(2)52/h3-26H,27-28H2,1-2H3. The number of carbonyl (C=O) groups is 2. The summed E-state index contributed by atoms with van der Waals surface area (Å²) >= 11 is 5.10. The van der Waals surface area contributed by atoms with Gasteiger partial charge in [0, 0.05) is 59.8 Å². The maximum absolute atomic E-state index is 11.3. The Bertz CT molecular complexity index is 2930. The molecule has 290 valence electrons. The van der Waals surface area contributed by atoms with Crippen molar-refractivity contribution < 1.29 is 28.5 Å². The van der Waals surface area contributed by atoms with Gasteiger partial charge in [0.15, 0.2) is 0 Å². The molecule has 8 bridgehead atoms. The van der Waals surface area contributed by atoms with Crippen LogP contribution in [0.3, 0.4) is 0 Å². The fourth-order valence-corrected chi connectivity index (χ4v) is 10.1. The average Bonchev–Trinajstić information content (AvgIpc) is 4.10. The summed E-state index contributed by atoms with van der Waals surface area (Å²) in [4.78, 5) is 34.6. The number of thiophene rings is 3. The molecule has 8 nitrogen and oxygen atoms in total. The minimum atomic E-state index is -0.408. The van der Waals surface area contributed by atoms with Crippen molar-refractivity contribution in [2.24, 2.45) is 0 Å². The first-order valence-electron chi connectivity index (χ1n) is 18.7. The summed E-state index contributed by atoms with van der Waals surface area (Å²) in [6.45, 7) is 2.36. The molecule has 2 aliphatic rings. The second kappa shape index (κ2) is 16.7. The van der Waals surface area contributed by atoms with Crippen molar-refractivity contribution in [3.8, 4) is 55.3 Å². The summed E-state index contributed by atoms with van der Waals surface area (Å²) in [6.07, 6.45) is 8.41. The third kappa shape index (κ3) is 8.08. The highest BCUT2D eigenvalue weighted by molar-refractivity contribution is 7.25. The number of esters is 2. The molecule has 0 N–H and O–H groups in total. The molecule has 0 fully saturated rings. The van der Waals surface area contributed by atoms with E-state index in [4.69, 9.17) is 28.9 Å². The minimum Gasteiger partial charge on any atom is -0.457 e. The average molecular weight is 831 g/mol. The molecule has 0 unspecified atom stereocenters. The van der Waals surface area contributed by atoms with Gasteiger partial charge in [-0.2, -0.15) is 0 Å². The van der Waals surface area contributed by atoms with Crippen molar-refractivity contribution in [3.63, 3.8) is 0 Å². The Kier molecular flexibility index (Phi) is 10.7. The Labute approximate surface area is 352 Å². The Morgan fingerprint density at radius 3 is 1.29 bits per heavy atom. The zero-order chi connectivity index (χ0) is 40.3. The number of aromatic nitrogens is 2. The van der Waals surface area contributed by atoms with Crippen LogP contribution in [-0.4, -0.2) is 35.5 Å². The van der Waals surface area contributed by atoms with Gasteiger partial charge in [-0.1, -0.05) is 60.7 Å². The Balaban J connectivity index is 1.33. The van der Waals surface area contributed by atoms with E-state index in [1.807, 2.05) is 54.6 Å². The maximum atomic E-state index is 11.3. The van der Waals surface area contributed by atoms with Crippen LogP contribution in [0, 0.1) is 0 Å². The van der Waals surface area contributed by atoms with E-state index >= 15 is 0 Å². The largest absolute Gasteiger partial charge is 0.457 e. The molecule has 0 atom stereocenters. The maximum Gasteiger partial charge on any atom is 0.305 e. The topological polar surface area (TPSA) is 96.8 Å². The summed E-state index contributed by atoms with van der Waals surface area (Å²) in [5.74, 6) is 0.339. The van der Waals surface area contributed by atoms with Gasteiger partial charge in [0.1, 0.15) is 11.5 Å². The number of rotatable bonds is 10. The second-order valence-electron chi connectivity index (χ2n) is 13.4. The van der Waals surface area contributed by atoms with Crippen LogP contribution >= 0.6 is 34.0 Å². The van der Waals surface area contributed by atoms with Crippen molar-refractivity contribution in [1.82, 2.24) is 9.97 Å². The van der Waals surface area contributed by atoms with Crippen LogP contribution in [0.25, 0.3) is 86.9 Å². The molecule has 9 rings (SSSR count). The molecule has 4 aromatic heterocycles. The van der Waals surface area contributed by atoms with E-state index in [-0.39, 0.29) is 13.6 Å². The van der Waals surface area contributed by atoms with E-state index in [2.05, 4.69) is 90.3 Å². The van der Waals surface area contributed by atoms with E-state index in [1.165, 1.54) is 13.8 Å². The SMILES string of the molecule is CC(=O)OCOc1ccc(-c2c3nc(c(-c4ccccc4)c4ccc(s4)c(-c4cccs4)c4nc(c(-c5ccc(OCOC(C)=O)cc5)c5ccc2s5)C=C4)C=C3)cc1. The van der Waals surface area contributed by atoms with Crippen LogP contribution in [0.5, 0.6) is 11.5 Å². The number of hydrogen-bond donors (Lipinski definition) is 0. The molecule has 0 amide bonds. The molecule has 6 heterocycles. The van der Waals surface area contributed by atoms with Crippen LogP contribution in [-0.2, 0) is 19.1 Å². The highest BCUT2D eigenvalue weighted by Crippen LogP contribution is 2.43. The lowest BCUT2D eigenvalue weighted by Gasteiger charge is -2.09. The number of fused-ring (bicyclic) bond motifs is 8. The van der Waals surface area contributed by atoms with E-state index < -0.39 is 11.9 Å². The van der Waals surface area contributed by atoms with Gasteiger partial charge in [-0.05, 0) is 101 Å². The summed E-state index contributed by atoms with van der Waals surface area (Å²) in [5.41, 5.74) is 10.5. The fourth-order valence-electron chi connectivity index (χ4n) is 6.94. The molecule has 0 radical (unpaired) electrons. The predicted molar refractivity (Wildman–Crippen MR) is 240 cm³/mol. The first-order chi connectivity index (χ1) is 28.9. The van der Waals surface area contributed by atoms with Crippen LogP contribution in [0.1, 0.15) is 36.6 Å². The van der Waals surface area contributed by atoms with Crippen molar-refractivity contribution in [3.05, 3.63) is 143 Å². The van der Waals surface area contributed by atoms with E-state index in [9.17, 15) is 9.59 Å². The highest BCUT2D eigenvalue weighted by Gasteiger charge is 2.20. The van der Waals surface area contributed by atoms with E-state index in [1.54, 1.807) is 34.0 Å². The van der Waals surface area contributed by atoms with Crippen LogP contribution < -0.4 is 9.47 Å². The van der Waals surface area contributed by atoms with Crippen LogP contribution in [0.15, 0.2) is 121 Å². The summed E-state index contributed by atoms with van der Waals surface area (Å²) in [6, 6.07) is 38.8. The Hall–Kier alpha value is -6.66. The first kappa shape index (κ1) is 37.9. The van der Waals surface area contributed by atoms with Gasteiger partial charge in [0.25, 0.3) is 0 Å². The van der Waals surface area contributed by atoms with Gasteiger partial charge in [0.05, 0.1) is 22.8 Å². The fraction of sp³-hybridized carbons (Fsp3) is 0.0833. The monoisotopic (exact) mass is 830 g/mol. The van der Waals surface area contributed by atoms with Crippen molar-refractivity contribution in [1.29, 1.82) is 0 Å². The highest BCUT2D eigenvalue weighted by atomic mass is 32.1. The van der Waals surface area contributed by atoms with Crippen LogP contribution in [0.4, 0.5) is 0 Å². The molecule has 0 saturated carbocycles.